The maximum absolute atomic E-state index is 8.95. The van der Waals surface area contributed by atoms with Crippen LogP contribution in [0.3, 0.4) is 0 Å². The summed E-state index contributed by atoms with van der Waals surface area (Å²) in [4.78, 5) is 3.09. The fraction of sp³-hybridized carbons (Fsp3) is 0.895. The molecule has 138 valence electrons. The van der Waals surface area contributed by atoms with E-state index in [4.69, 9.17) is 9.96 Å². The third-order valence-electron chi connectivity index (χ3n) is 6.05. The molecule has 2 atom stereocenters. The van der Waals surface area contributed by atoms with E-state index in [0.29, 0.717) is 28.5 Å². The van der Waals surface area contributed by atoms with Crippen LogP contribution in [-0.4, -0.2) is 14.4 Å². The van der Waals surface area contributed by atoms with E-state index in [9.17, 15) is 0 Å². The van der Waals surface area contributed by atoms with Gasteiger partial charge in [-0.15, -0.1) is 0 Å². The van der Waals surface area contributed by atoms with Crippen molar-refractivity contribution < 1.29 is 4.43 Å². The minimum Gasteiger partial charge on any atom is -0.546 e. The van der Waals surface area contributed by atoms with Crippen molar-refractivity contribution in [1.82, 2.24) is 0 Å². The summed E-state index contributed by atoms with van der Waals surface area (Å²) < 4.78 is 6.97. The third kappa shape index (κ3) is 4.18. The van der Waals surface area contributed by atoms with Crippen molar-refractivity contribution in [2.45, 2.75) is 97.8 Å². The predicted octanol–water partition coefficient (Wildman–Crippen LogP) is 7.20. The molecule has 0 aliphatic heterocycles. The van der Waals surface area contributed by atoms with Gasteiger partial charge in [0.15, 0.2) is 0 Å². The Morgan fingerprint density at radius 1 is 1.04 bits per heavy atom. The second kappa shape index (κ2) is 8.44. The van der Waals surface area contributed by atoms with Gasteiger partial charge in [-0.3, -0.25) is 0 Å². The maximum Gasteiger partial charge on any atom is 0.258 e. The fourth-order valence-corrected chi connectivity index (χ4v) is 9.90. The minimum atomic E-state index is -1.97. The average molecular weight is 352 g/mol. The molecule has 0 N–H and O–H groups in total. The van der Waals surface area contributed by atoms with Crippen molar-refractivity contribution in [2.75, 3.05) is 0 Å². The Balaban J connectivity index is 3.32. The van der Waals surface area contributed by atoms with Gasteiger partial charge >= 0.3 is 0 Å². The van der Waals surface area contributed by atoms with Gasteiger partial charge in [0.05, 0.1) is 11.8 Å². The number of nitrogens with zero attached hydrogens (tertiary/aromatic N) is 3. The molecule has 0 spiro atoms. The second-order valence-corrected chi connectivity index (χ2v) is 14.1. The summed E-state index contributed by atoms with van der Waals surface area (Å²) in [5.74, 6) is 2.22. The molecule has 0 saturated carbocycles. The van der Waals surface area contributed by atoms with E-state index in [1.165, 1.54) is 0 Å². The SMILES string of the molecule is CC1=C(O[Si](C(C)C)(C(C)C)C(C)C)C[C@H](C(C)C)C[C@@H]1N=[N+]=[N-]. The Morgan fingerprint density at radius 2 is 1.54 bits per heavy atom. The van der Waals surface area contributed by atoms with E-state index < -0.39 is 8.32 Å². The van der Waals surface area contributed by atoms with Crippen molar-refractivity contribution in [2.24, 2.45) is 17.0 Å². The summed E-state index contributed by atoms with van der Waals surface area (Å²) in [5.41, 5.74) is 11.8. The molecule has 1 rings (SSSR count). The highest BCUT2D eigenvalue weighted by atomic mass is 28.4. The van der Waals surface area contributed by atoms with E-state index in [2.05, 4.69) is 72.3 Å². The molecule has 0 saturated heterocycles. The van der Waals surface area contributed by atoms with Gasteiger partial charge in [0.2, 0.25) is 0 Å². The molecule has 0 amide bonds. The molecule has 0 unspecified atom stereocenters. The van der Waals surface area contributed by atoms with E-state index in [1.807, 2.05) is 0 Å². The molecule has 1 aliphatic rings. The molecule has 24 heavy (non-hydrogen) atoms. The Hall–Kier alpha value is -0.933. The van der Waals surface area contributed by atoms with Gasteiger partial charge in [-0.2, -0.15) is 0 Å². The van der Waals surface area contributed by atoms with E-state index >= 15 is 0 Å². The highest BCUT2D eigenvalue weighted by Crippen LogP contribution is 2.46. The first-order valence-corrected chi connectivity index (χ1v) is 11.6. The number of hydrogen-bond donors (Lipinski definition) is 0. The average Bonchev–Trinajstić information content (AvgIpc) is 2.46. The van der Waals surface area contributed by atoms with Crippen molar-refractivity contribution >= 4 is 8.32 Å². The topological polar surface area (TPSA) is 58.0 Å². The highest BCUT2D eigenvalue weighted by Gasteiger charge is 2.48. The van der Waals surface area contributed by atoms with Crippen LogP contribution in [0.5, 0.6) is 0 Å². The van der Waals surface area contributed by atoms with Crippen LogP contribution < -0.4 is 0 Å². The maximum atomic E-state index is 8.95. The molecule has 0 radical (unpaired) electrons. The normalized spacial score (nSPS) is 22.5. The number of rotatable bonds is 7. The first-order valence-electron chi connectivity index (χ1n) is 9.50. The van der Waals surface area contributed by atoms with Gasteiger partial charge in [-0.25, -0.2) is 0 Å². The second-order valence-electron chi connectivity index (χ2n) is 8.69. The molecule has 0 aromatic rings. The molecule has 0 fully saturated rings. The Kier molecular flexibility index (Phi) is 7.42. The Morgan fingerprint density at radius 3 is 1.92 bits per heavy atom. The molecular weight excluding hydrogens is 314 g/mol. The van der Waals surface area contributed by atoms with E-state index in [-0.39, 0.29) is 6.04 Å². The van der Waals surface area contributed by atoms with Gasteiger partial charge < -0.3 is 4.43 Å². The van der Waals surface area contributed by atoms with Gasteiger partial charge in [0.1, 0.15) is 0 Å². The van der Waals surface area contributed by atoms with Crippen molar-refractivity contribution in [3.05, 3.63) is 21.8 Å². The Bertz CT molecular complexity index is 483. The van der Waals surface area contributed by atoms with Crippen LogP contribution in [0, 0.1) is 11.8 Å². The molecule has 0 bridgehead atoms. The first-order chi connectivity index (χ1) is 11.1. The van der Waals surface area contributed by atoms with Crippen LogP contribution in [0.25, 0.3) is 10.4 Å². The van der Waals surface area contributed by atoms with Crippen LogP contribution >= 0.6 is 0 Å². The van der Waals surface area contributed by atoms with Gasteiger partial charge in [0.25, 0.3) is 8.32 Å². The van der Waals surface area contributed by atoms with Crippen LogP contribution in [-0.2, 0) is 4.43 Å². The molecule has 0 aromatic heterocycles. The lowest BCUT2D eigenvalue weighted by atomic mass is 9.79. The minimum absolute atomic E-state index is 0.0515. The van der Waals surface area contributed by atoms with Crippen LogP contribution in [0.4, 0.5) is 0 Å². The zero-order chi connectivity index (χ0) is 18.7. The first kappa shape index (κ1) is 21.1. The molecule has 1 aliphatic carbocycles. The van der Waals surface area contributed by atoms with Crippen molar-refractivity contribution in [3.63, 3.8) is 0 Å². The summed E-state index contributed by atoms with van der Waals surface area (Å²) in [6.45, 7) is 20.5. The number of allylic oxidation sites excluding steroid dienone is 1. The van der Waals surface area contributed by atoms with Gasteiger partial charge in [-0.05, 0) is 52.9 Å². The molecule has 4 nitrogen and oxygen atoms in total. The number of azide groups is 1. The highest BCUT2D eigenvalue weighted by molar-refractivity contribution is 6.77. The van der Waals surface area contributed by atoms with E-state index in [1.54, 1.807) is 0 Å². The largest absolute Gasteiger partial charge is 0.546 e. The van der Waals surface area contributed by atoms with Crippen molar-refractivity contribution in [1.29, 1.82) is 0 Å². The molecule has 0 aromatic carbocycles. The summed E-state index contributed by atoms with van der Waals surface area (Å²) in [6, 6.07) is -0.0515. The predicted molar refractivity (Wildman–Crippen MR) is 105 cm³/mol. The zero-order valence-corrected chi connectivity index (χ0v) is 18.1. The Labute approximate surface area is 149 Å². The lowest BCUT2D eigenvalue weighted by Crippen LogP contribution is -2.48. The zero-order valence-electron chi connectivity index (χ0n) is 17.1. The quantitative estimate of drug-likeness (QED) is 0.207. The summed E-state index contributed by atoms with van der Waals surface area (Å²) in [6.07, 6.45) is 1.93. The molecular formula is C19H37N3OSi. The molecule has 5 heteroatoms. The number of hydrogen-bond acceptors (Lipinski definition) is 2. The van der Waals surface area contributed by atoms with Crippen LogP contribution in [0.2, 0.25) is 16.6 Å². The lowest BCUT2D eigenvalue weighted by Gasteiger charge is -2.45. The monoisotopic (exact) mass is 351 g/mol. The van der Waals surface area contributed by atoms with E-state index in [0.717, 1.165) is 24.2 Å². The third-order valence-corrected chi connectivity index (χ3v) is 12.1. The van der Waals surface area contributed by atoms with Gasteiger partial charge in [0, 0.05) is 11.3 Å². The summed E-state index contributed by atoms with van der Waals surface area (Å²) >= 11 is 0. The molecule has 0 heterocycles. The van der Waals surface area contributed by atoms with Crippen LogP contribution in [0.15, 0.2) is 16.4 Å². The fourth-order valence-electron chi connectivity index (χ4n) is 4.52. The lowest BCUT2D eigenvalue weighted by molar-refractivity contribution is 0.249. The van der Waals surface area contributed by atoms with Crippen LogP contribution in [0.1, 0.15) is 75.2 Å². The summed E-state index contributed by atoms with van der Waals surface area (Å²) in [7, 11) is -1.97. The summed E-state index contributed by atoms with van der Waals surface area (Å²) in [5, 5.41) is 4.07. The van der Waals surface area contributed by atoms with Crippen molar-refractivity contribution in [3.8, 4) is 0 Å². The van der Waals surface area contributed by atoms with Gasteiger partial charge in [-0.1, -0.05) is 60.5 Å². The smallest absolute Gasteiger partial charge is 0.258 e. The standard InChI is InChI=1S/C19H37N3OSi/c1-12(2)17-10-18(21-22-20)16(9)19(11-17)23-24(13(3)4,14(5)6)15(7)8/h12-15,17-18H,10-11H2,1-9H3/t17-,18+/m1/s1.